The van der Waals surface area contributed by atoms with Crippen LogP contribution in [0.4, 0.5) is 5.69 Å². The molecule has 0 radical (unpaired) electrons. The number of rotatable bonds is 4. The van der Waals surface area contributed by atoms with Crippen LogP contribution in [0.1, 0.15) is 12.5 Å². The van der Waals surface area contributed by atoms with Gasteiger partial charge in [0.25, 0.3) is 0 Å². The van der Waals surface area contributed by atoms with Crippen LogP contribution in [0.5, 0.6) is 0 Å². The van der Waals surface area contributed by atoms with E-state index in [4.69, 9.17) is 18.0 Å². The maximum atomic E-state index is 12.2. The van der Waals surface area contributed by atoms with E-state index >= 15 is 0 Å². The molecule has 0 saturated carbocycles. The van der Waals surface area contributed by atoms with Gasteiger partial charge in [-0.3, -0.25) is 13.9 Å². The Hall–Kier alpha value is -1.31. The Morgan fingerprint density at radius 1 is 1.33 bits per heavy atom. The molecule has 0 spiro atoms. The molecule has 1 aromatic carbocycles. The number of hydrogen-bond donors (Lipinski definition) is 2. The smallest absolute Gasteiger partial charge is 0.241 e. The molecule has 0 bridgehead atoms. The van der Waals surface area contributed by atoms with Crippen molar-refractivity contribution < 1.29 is 9.00 Å². The van der Waals surface area contributed by atoms with Gasteiger partial charge in [0.1, 0.15) is 4.99 Å². The molecule has 5 nitrogen and oxygen atoms in total. The van der Waals surface area contributed by atoms with E-state index in [1.54, 1.807) is 24.3 Å². The number of carbonyl (C=O) groups is 1. The number of nitrogens with one attached hydrogen (secondary N) is 1. The zero-order chi connectivity index (χ0) is 15.4. The summed E-state index contributed by atoms with van der Waals surface area (Å²) in [5.74, 6) is 1.21. The van der Waals surface area contributed by atoms with Gasteiger partial charge in [0.2, 0.25) is 5.91 Å². The van der Waals surface area contributed by atoms with Gasteiger partial charge in [-0.2, -0.15) is 0 Å². The molecule has 1 unspecified atom stereocenters. The molecule has 1 atom stereocenters. The molecule has 1 amide bonds. The van der Waals surface area contributed by atoms with Gasteiger partial charge in [0, 0.05) is 46.6 Å². The Balaban J connectivity index is 1.94. The average Bonchev–Trinajstić information content (AvgIpc) is 2.47. The van der Waals surface area contributed by atoms with Crippen molar-refractivity contribution in [1.29, 1.82) is 0 Å². The standard InChI is InChI=1S/C14H19N3O2S2/c1-10(17-6-8-21(19)9-7-17)14(18)16-12-4-2-11(3-5-12)13(15)20/h2-5,10H,6-9H2,1H3,(H2,15,20)(H,16,18). The van der Waals surface area contributed by atoms with Crippen LogP contribution in [-0.4, -0.2) is 50.6 Å². The van der Waals surface area contributed by atoms with Crippen molar-refractivity contribution in [3.63, 3.8) is 0 Å². The summed E-state index contributed by atoms with van der Waals surface area (Å²) in [5.41, 5.74) is 7.02. The Labute approximate surface area is 132 Å². The van der Waals surface area contributed by atoms with Gasteiger partial charge in [-0.1, -0.05) is 12.2 Å². The summed E-state index contributed by atoms with van der Waals surface area (Å²) in [6, 6.07) is 6.89. The lowest BCUT2D eigenvalue weighted by atomic mass is 10.2. The highest BCUT2D eigenvalue weighted by molar-refractivity contribution is 7.85. The van der Waals surface area contributed by atoms with E-state index in [0.717, 1.165) is 5.56 Å². The van der Waals surface area contributed by atoms with Crippen molar-refractivity contribution in [3.8, 4) is 0 Å². The zero-order valence-electron chi connectivity index (χ0n) is 11.9. The highest BCUT2D eigenvalue weighted by atomic mass is 32.2. The summed E-state index contributed by atoms with van der Waals surface area (Å²) in [5, 5.41) is 2.88. The molecule has 3 N–H and O–H groups in total. The Morgan fingerprint density at radius 3 is 2.43 bits per heavy atom. The first-order chi connectivity index (χ1) is 9.97. The summed E-state index contributed by atoms with van der Waals surface area (Å²) >= 11 is 4.89. The van der Waals surface area contributed by atoms with Gasteiger partial charge in [0.15, 0.2) is 0 Å². The third-order valence-corrected chi connectivity index (χ3v) is 5.09. The first-order valence-electron chi connectivity index (χ1n) is 6.77. The first kappa shape index (κ1) is 16.1. The lowest BCUT2D eigenvalue weighted by Crippen LogP contribution is -2.48. The summed E-state index contributed by atoms with van der Waals surface area (Å²) < 4.78 is 11.3. The summed E-state index contributed by atoms with van der Waals surface area (Å²) in [4.78, 5) is 14.6. The van der Waals surface area contributed by atoms with Crippen LogP contribution in [-0.2, 0) is 15.6 Å². The van der Waals surface area contributed by atoms with Gasteiger partial charge >= 0.3 is 0 Å². The Morgan fingerprint density at radius 2 is 1.90 bits per heavy atom. The number of amides is 1. The normalized spacial score (nSPS) is 18.1. The monoisotopic (exact) mass is 325 g/mol. The molecule has 114 valence electrons. The number of nitrogens with two attached hydrogens (primary N) is 1. The van der Waals surface area contributed by atoms with Crippen LogP contribution in [0.25, 0.3) is 0 Å². The quantitative estimate of drug-likeness (QED) is 0.798. The molecule has 2 rings (SSSR count). The van der Waals surface area contributed by atoms with Gasteiger partial charge < -0.3 is 11.1 Å². The lowest BCUT2D eigenvalue weighted by molar-refractivity contribution is -0.120. The average molecular weight is 325 g/mol. The van der Waals surface area contributed by atoms with Crippen LogP contribution in [0.2, 0.25) is 0 Å². The van der Waals surface area contributed by atoms with E-state index in [1.807, 2.05) is 6.92 Å². The summed E-state index contributed by atoms with van der Waals surface area (Å²) in [6.07, 6.45) is 0. The fourth-order valence-corrected chi connectivity index (χ4v) is 3.39. The fraction of sp³-hybridized carbons (Fsp3) is 0.429. The highest BCUT2D eigenvalue weighted by Gasteiger charge is 2.24. The largest absolute Gasteiger partial charge is 0.389 e. The predicted octanol–water partition coefficient (Wildman–Crippen LogP) is 0.712. The number of thiocarbonyl (C=S) groups is 1. The van der Waals surface area contributed by atoms with Gasteiger partial charge in [-0.05, 0) is 31.2 Å². The van der Waals surface area contributed by atoms with Crippen LogP contribution >= 0.6 is 12.2 Å². The second kappa shape index (κ2) is 7.11. The van der Waals surface area contributed by atoms with E-state index < -0.39 is 10.8 Å². The predicted molar refractivity (Wildman–Crippen MR) is 89.9 cm³/mol. The van der Waals surface area contributed by atoms with E-state index in [0.29, 0.717) is 35.3 Å². The molecule has 0 aliphatic carbocycles. The van der Waals surface area contributed by atoms with Crippen molar-refractivity contribution in [2.45, 2.75) is 13.0 Å². The number of nitrogens with zero attached hydrogens (tertiary/aromatic N) is 1. The zero-order valence-corrected chi connectivity index (χ0v) is 13.5. The van der Waals surface area contributed by atoms with E-state index in [-0.39, 0.29) is 11.9 Å². The molecule has 7 heteroatoms. The van der Waals surface area contributed by atoms with E-state index in [2.05, 4.69) is 10.2 Å². The van der Waals surface area contributed by atoms with Gasteiger partial charge in [-0.25, -0.2) is 0 Å². The molecule has 1 fully saturated rings. The SMILES string of the molecule is CC(C(=O)Nc1ccc(C(N)=S)cc1)N1CCS(=O)CC1. The van der Waals surface area contributed by atoms with Crippen molar-refractivity contribution >= 4 is 39.6 Å². The highest BCUT2D eigenvalue weighted by Crippen LogP contribution is 2.12. The van der Waals surface area contributed by atoms with Crippen molar-refractivity contribution in [3.05, 3.63) is 29.8 Å². The van der Waals surface area contributed by atoms with Gasteiger partial charge in [0.05, 0.1) is 6.04 Å². The minimum absolute atomic E-state index is 0.0641. The summed E-state index contributed by atoms with van der Waals surface area (Å²) in [6.45, 7) is 3.26. The fourth-order valence-electron chi connectivity index (χ4n) is 2.17. The van der Waals surface area contributed by atoms with Crippen molar-refractivity contribution in [2.75, 3.05) is 29.9 Å². The first-order valence-corrected chi connectivity index (χ1v) is 8.67. The molecule has 0 aromatic heterocycles. The molecule has 1 aromatic rings. The molecule has 21 heavy (non-hydrogen) atoms. The second-order valence-electron chi connectivity index (χ2n) is 4.99. The van der Waals surface area contributed by atoms with Crippen LogP contribution in [0, 0.1) is 0 Å². The molecular formula is C14H19N3O2S2. The number of carbonyl (C=O) groups excluding carboxylic acids is 1. The van der Waals surface area contributed by atoms with Crippen LogP contribution in [0.15, 0.2) is 24.3 Å². The lowest BCUT2D eigenvalue weighted by Gasteiger charge is -2.31. The van der Waals surface area contributed by atoms with Crippen molar-refractivity contribution in [1.82, 2.24) is 4.90 Å². The summed E-state index contributed by atoms with van der Waals surface area (Å²) in [7, 11) is -0.733. The van der Waals surface area contributed by atoms with Crippen molar-refractivity contribution in [2.24, 2.45) is 5.73 Å². The van der Waals surface area contributed by atoms with E-state index in [1.165, 1.54) is 0 Å². The third kappa shape index (κ3) is 4.33. The minimum Gasteiger partial charge on any atom is -0.389 e. The van der Waals surface area contributed by atoms with Crippen LogP contribution in [0.3, 0.4) is 0 Å². The minimum atomic E-state index is -0.733. The molecule has 1 saturated heterocycles. The maximum Gasteiger partial charge on any atom is 0.241 e. The van der Waals surface area contributed by atoms with E-state index in [9.17, 15) is 9.00 Å². The molecule has 1 aliphatic heterocycles. The maximum absolute atomic E-state index is 12.2. The Bertz CT molecular complexity index is 550. The topological polar surface area (TPSA) is 75.4 Å². The molecule has 1 aliphatic rings. The number of anilines is 1. The van der Waals surface area contributed by atoms with Crippen LogP contribution < -0.4 is 11.1 Å². The second-order valence-corrected chi connectivity index (χ2v) is 7.13. The molecular weight excluding hydrogens is 306 g/mol. The third-order valence-electron chi connectivity index (χ3n) is 3.58. The van der Waals surface area contributed by atoms with Gasteiger partial charge in [-0.15, -0.1) is 0 Å². The number of benzene rings is 1. The molecule has 1 heterocycles. The Kier molecular flexibility index (Phi) is 5.44. The number of hydrogen-bond acceptors (Lipinski definition) is 4.